The van der Waals surface area contributed by atoms with Crippen molar-refractivity contribution in [3.63, 3.8) is 0 Å². The zero-order valence-corrected chi connectivity index (χ0v) is 8.31. The number of ether oxygens (including phenoxy) is 1. The van der Waals surface area contributed by atoms with Gasteiger partial charge in [-0.05, 0) is 12.5 Å². The molecule has 1 aromatic rings. The van der Waals surface area contributed by atoms with Crippen LogP contribution in [0.4, 0.5) is 0 Å². The molecule has 1 N–H and O–H groups in total. The van der Waals surface area contributed by atoms with E-state index in [9.17, 15) is 9.90 Å². The summed E-state index contributed by atoms with van der Waals surface area (Å²) in [6.45, 7) is 1.64. The molecule has 0 spiro atoms. The van der Waals surface area contributed by atoms with Gasteiger partial charge < -0.3 is 9.84 Å². The minimum Gasteiger partial charge on any atom is -0.469 e. The summed E-state index contributed by atoms with van der Waals surface area (Å²) in [6, 6.07) is 9.07. The van der Waals surface area contributed by atoms with Gasteiger partial charge in [0.25, 0.3) is 0 Å². The predicted octanol–water partition coefficient (Wildman–Crippen LogP) is 1.53. The minimum atomic E-state index is -0.802. The Kier molecular flexibility index (Phi) is 3.65. The number of methoxy groups -OCH3 is 1. The third kappa shape index (κ3) is 2.33. The molecule has 3 heteroatoms. The highest BCUT2D eigenvalue weighted by molar-refractivity contribution is 5.72. The van der Waals surface area contributed by atoms with Crippen LogP contribution in [0.25, 0.3) is 0 Å². The molecule has 76 valence electrons. The lowest BCUT2D eigenvalue weighted by Gasteiger charge is -2.16. The summed E-state index contributed by atoms with van der Waals surface area (Å²) in [6.07, 6.45) is -0.802. The second-order valence-corrected chi connectivity index (χ2v) is 3.17. The number of benzene rings is 1. The van der Waals surface area contributed by atoms with Gasteiger partial charge in [-0.1, -0.05) is 30.3 Å². The van der Waals surface area contributed by atoms with Gasteiger partial charge in [0.15, 0.2) is 0 Å². The fraction of sp³-hybridized carbons (Fsp3) is 0.364. The number of hydrogen-bond acceptors (Lipinski definition) is 3. The highest BCUT2D eigenvalue weighted by Gasteiger charge is 2.23. The average molecular weight is 194 g/mol. The van der Waals surface area contributed by atoms with Gasteiger partial charge in [-0.25, -0.2) is 0 Å². The molecule has 0 saturated carbocycles. The van der Waals surface area contributed by atoms with Crippen molar-refractivity contribution >= 4 is 5.97 Å². The number of hydrogen-bond donors (Lipinski definition) is 1. The molecular formula is C11H14O3. The normalized spacial score (nSPS) is 14.5. The lowest BCUT2D eigenvalue weighted by Crippen LogP contribution is -2.20. The van der Waals surface area contributed by atoms with Gasteiger partial charge in [-0.15, -0.1) is 0 Å². The van der Waals surface area contributed by atoms with E-state index >= 15 is 0 Å². The van der Waals surface area contributed by atoms with E-state index in [2.05, 4.69) is 4.74 Å². The van der Waals surface area contributed by atoms with Gasteiger partial charge in [0.2, 0.25) is 0 Å². The van der Waals surface area contributed by atoms with Crippen LogP contribution < -0.4 is 0 Å². The van der Waals surface area contributed by atoms with Crippen molar-refractivity contribution in [3.8, 4) is 0 Å². The summed E-state index contributed by atoms with van der Waals surface area (Å²) in [4.78, 5) is 11.1. The van der Waals surface area contributed by atoms with Gasteiger partial charge in [0, 0.05) is 0 Å². The smallest absolute Gasteiger partial charge is 0.311 e. The molecule has 0 heterocycles. The zero-order valence-electron chi connectivity index (χ0n) is 8.31. The van der Waals surface area contributed by atoms with Crippen LogP contribution >= 0.6 is 0 Å². The molecule has 2 atom stereocenters. The van der Waals surface area contributed by atoms with Crippen molar-refractivity contribution in [2.75, 3.05) is 7.11 Å². The van der Waals surface area contributed by atoms with Gasteiger partial charge in [0.1, 0.15) is 0 Å². The van der Waals surface area contributed by atoms with Crippen LogP contribution in [0.5, 0.6) is 0 Å². The molecular weight excluding hydrogens is 180 g/mol. The maximum absolute atomic E-state index is 11.1. The van der Waals surface area contributed by atoms with E-state index in [1.54, 1.807) is 19.1 Å². The van der Waals surface area contributed by atoms with E-state index in [0.717, 1.165) is 5.56 Å². The summed E-state index contributed by atoms with van der Waals surface area (Å²) in [5.74, 6) is -0.941. The molecule has 0 saturated heterocycles. The van der Waals surface area contributed by atoms with Crippen LogP contribution in [0.3, 0.4) is 0 Å². The van der Waals surface area contributed by atoms with Crippen LogP contribution in [-0.2, 0) is 9.53 Å². The van der Waals surface area contributed by atoms with E-state index < -0.39 is 18.0 Å². The fourth-order valence-corrected chi connectivity index (χ4v) is 1.25. The SMILES string of the molecule is COC(=O)[C@@H](C)[C@@H](O)c1ccccc1. The first-order valence-electron chi connectivity index (χ1n) is 4.47. The Bertz CT molecular complexity index is 295. The van der Waals surface area contributed by atoms with Gasteiger partial charge in [-0.2, -0.15) is 0 Å². The summed E-state index contributed by atoms with van der Waals surface area (Å²) >= 11 is 0. The number of carbonyl (C=O) groups is 1. The van der Waals surface area contributed by atoms with Gasteiger partial charge in [-0.3, -0.25) is 4.79 Å². The summed E-state index contributed by atoms with van der Waals surface area (Å²) in [5, 5.41) is 9.79. The first-order chi connectivity index (χ1) is 6.66. The van der Waals surface area contributed by atoms with Gasteiger partial charge in [0.05, 0.1) is 19.1 Å². The fourth-order valence-electron chi connectivity index (χ4n) is 1.25. The highest BCUT2D eigenvalue weighted by atomic mass is 16.5. The second-order valence-electron chi connectivity index (χ2n) is 3.17. The molecule has 0 aromatic heterocycles. The van der Waals surface area contributed by atoms with Crippen LogP contribution in [-0.4, -0.2) is 18.2 Å². The molecule has 0 amide bonds. The van der Waals surface area contributed by atoms with E-state index in [0.29, 0.717) is 0 Å². The largest absolute Gasteiger partial charge is 0.469 e. The molecule has 0 aliphatic carbocycles. The Morgan fingerprint density at radius 3 is 2.43 bits per heavy atom. The second kappa shape index (κ2) is 4.77. The van der Waals surface area contributed by atoms with Crippen molar-refractivity contribution < 1.29 is 14.6 Å². The summed E-state index contributed by atoms with van der Waals surface area (Å²) in [7, 11) is 1.32. The van der Waals surface area contributed by atoms with Crippen LogP contribution in [0.2, 0.25) is 0 Å². The minimum absolute atomic E-state index is 0.402. The van der Waals surface area contributed by atoms with Gasteiger partial charge >= 0.3 is 5.97 Å². The van der Waals surface area contributed by atoms with Crippen molar-refractivity contribution in [2.45, 2.75) is 13.0 Å². The topological polar surface area (TPSA) is 46.5 Å². The number of aliphatic hydroxyl groups excluding tert-OH is 1. The van der Waals surface area contributed by atoms with E-state index in [4.69, 9.17) is 0 Å². The van der Waals surface area contributed by atoms with Crippen molar-refractivity contribution in [3.05, 3.63) is 35.9 Å². The van der Waals surface area contributed by atoms with Crippen molar-refractivity contribution in [2.24, 2.45) is 5.92 Å². The number of aliphatic hydroxyl groups is 1. The number of esters is 1. The standard InChI is InChI=1S/C11H14O3/c1-8(11(13)14-2)10(12)9-6-4-3-5-7-9/h3-8,10,12H,1-2H3/t8-,10+/m0/s1. The molecule has 1 aromatic carbocycles. The molecule has 0 unspecified atom stereocenters. The van der Waals surface area contributed by atoms with Crippen LogP contribution in [0.1, 0.15) is 18.6 Å². The third-order valence-electron chi connectivity index (χ3n) is 2.19. The first-order valence-corrected chi connectivity index (χ1v) is 4.47. The molecule has 0 radical (unpaired) electrons. The Morgan fingerprint density at radius 1 is 1.36 bits per heavy atom. The lowest BCUT2D eigenvalue weighted by atomic mass is 9.98. The number of carbonyl (C=O) groups excluding carboxylic acids is 1. The molecule has 14 heavy (non-hydrogen) atoms. The Labute approximate surface area is 83.3 Å². The monoisotopic (exact) mass is 194 g/mol. The molecule has 0 fully saturated rings. The van der Waals surface area contributed by atoms with Crippen LogP contribution in [0, 0.1) is 5.92 Å². The summed E-state index contributed by atoms with van der Waals surface area (Å²) in [5.41, 5.74) is 0.727. The first kappa shape index (κ1) is 10.7. The quantitative estimate of drug-likeness (QED) is 0.742. The van der Waals surface area contributed by atoms with E-state index in [-0.39, 0.29) is 0 Å². The van der Waals surface area contributed by atoms with Crippen molar-refractivity contribution in [1.29, 1.82) is 0 Å². The van der Waals surface area contributed by atoms with E-state index in [1.807, 2.05) is 18.2 Å². The lowest BCUT2D eigenvalue weighted by molar-refractivity contribution is -0.148. The Morgan fingerprint density at radius 2 is 1.93 bits per heavy atom. The Hall–Kier alpha value is -1.35. The maximum Gasteiger partial charge on any atom is 0.311 e. The Balaban J connectivity index is 2.75. The predicted molar refractivity (Wildman–Crippen MR) is 52.6 cm³/mol. The molecule has 0 aliphatic heterocycles. The molecule has 3 nitrogen and oxygen atoms in total. The van der Waals surface area contributed by atoms with Crippen molar-refractivity contribution in [1.82, 2.24) is 0 Å². The maximum atomic E-state index is 11.1. The average Bonchev–Trinajstić information content (AvgIpc) is 2.27. The third-order valence-corrected chi connectivity index (χ3v) is 2.19. The summed E-state index contributed by atoms with van der Waals surface area (Å²) < 4.78 is 4.56. The molecule has 0 bridgehead atoms. The molecule has 0 aliphatic rings. The van der Waals surface area contributed by atoms with E-state index in [1.165, 1.54) is 7.11 Å². The number of rotatable bonds is 3. The zero-order chi connectivity index (χ0) is 10.6. The van der Waals surface area contributed by atoms with Crippen LogP contribution in [0.15, 0.2) is 30.3 Å². The molecule has 1 rings (SSSR count). The highest BCUT2D eigenvalue weighted by Crippen LogP contribution is 2.21.